The highest BCUT2D eigenvalue weighted by atomic mass is 16.7. The van der Waals surface area contributed by atoms with Gasteiger partial charge in [0.05, 0.1) is 6.10 Å². The molecular formula is C29H51NO4. The molecule has 0 heterocycles. The first kappa shape index (κ1) is 26.4. The zero-order valence-electron chi connectivity index (χ0n) is 22.7. The van der Waals surface area contributed by atoms with Crippen LogP contribution < -0.4 is 0 Å². The molecule has 0 saturated heterocycles. The second-order valence-corrected chi connectivity index (χ2v) is 12.7. The van der Waals surface area contributed by atoms with E-state index >= 15 is 0 Å². The Bertz CT molecular complexity index is 700. The molecular weight excluding hydrogens is 426 g/mol. The van der Waals surface area contributed by atoms with Crippen LogP contribution in [0.1, 0.15) is 98.3 Å². The molecule has 4 saturated carbocycles. The fourth-order valence-corrected chi connectivity index (χ4v) is 9.48. The Hall–Kier alpha value is -0.650. The molecule has 4 rings (SSSR count). The van der Waals surface area contributed by atoms with Gasteiger partial charge in [-0.2, -0.15) is 0 Å². The number of nitrogens with zero attached hydrogens (tertiary/aromatic N) is 1. The van der Waals surface area contributed by atoms with Crippen LogP contribution in [0.5, 0.6) is 0 Å². The number of hydrogen-bond donors (Lipinski definition) is 1. The van der Waals surface area contributed by atoms with E-state index in [9.17, 15) is 5.11 Å². The first-order chi connectivity index (χ1) is 16.2. The van der Waals surface area contributed by atoms with Gasteiger partial charge in [0.1, 0.15) is 0 Å². The molecule has 0 spiro atoms. The van der Waals surface area contributed by atoms with Gasteiger partial charge in [-0.15, -0.1) is 0 Å². The van der Waals surface area contributed by atoms with E-state index in [0.717, 1.165) is 36.0 Å². The minimum absolute atomic E-state index is 0.466. The molecule has 4 aliphatic rings. The van der Waals surface area contributed by atoms with Crippen LogP contribution in [0.3, 0.4) is 0 Å². The van der Waals surface area contributed by atoms with Crippen LogP contribution in [0.2, 0.25) is 0 Å². The summed E-state index contributed by atoms with van der Waals surface area (Å²) in [6.45, 7) is 9.50. The lowest BCUT2D eigenvalue weighted by Crippen LogP contribution is -2.54. The van der Waals surface area contributed by atoms with Gasteiger partial charge >= 0.3 is 0 Å². The number of hydrogen-bond acceptors (Lipinski definition) is 5. The number of aliphatic hydroxyl groups excluding tert-OH is 1. The number of ether oxygens (including phenoxy) is 3. The number of rotatable bonds is 9. The van der Waals surface area contributed by atoms with Gasteiger partial charge in [-0.25, -0.2) is 0 Å². The van der Waals surface area contributed by atoms with E-state index in [-0.39, 0.29) is 0 Å². The Morgan fingerprint density at radius 2 is 1.71 bits per heavy atom. The molecule has 34 heavy (non-hydrogen) atoms. The second-order valence-electron chi connectivity index (χ2n) is 12.7. The Labute approximate surface area is 208 Å². The maximum Gasteiger partial charge on any atom is 0.200 e. The average Bonchev–Trinajstić information content (AvgIpc) is 3.18. The third-order valence-electron chi connectivity index (χ3n) is 11.3. The maximum atomic E-state index is 10.4. The van der Waals surface area contributed by atoms with Crippen LogP contribution in [-0.4, -0.2) is 44.3 Å². The second kappa shape index (κ2) is 10.8. The summed E-state index contributed by atoms with van der Waals surface area (Å²) < 4.78 is 16.6. The highest BCUT2D eigenvalue weighted by molar-refractivity contribution is 5.45. The van der Waals surface area contributed by atoms with Crippen molar-refractivity contribution in [1.29, 1.82) is 0 Å². The molecule has 11 atom stereocenters. The van der Waals surface area contributed by atoms with Gasteiger partial charge in [-0.05, 0) is 124 Å². The molecule has 0 aliphatic heterocycles. The summed E-state index contributed by atoms with van der Waals surface area (Å²) in [4.78, 5) is 3.80. The number of aliphatic hydroxyl groups is 1. The highest BCUT2D eigenvalue weighted by Gasteiger charge is 2.60. The number of methoxy groups -OCH3 is 1. The smallest absolute Gasteiger partial charge is 0.200 e. The minimum atomic E-state index is -0.777. The molecule has 4 fully saturated rings. The van der Waals surface area contributed by atoms with Crippen molar-refractivity contribution in [2.75, 3.05) is 14.2 Å². The third kappa shape index (κ3) is 4.95. The topological polar surface area (TPSA) is 60.3 Å². The average molecular weight is 478 g/mol. The van der Waals surface area contributed by atoms with Crippen molar-refractivity contribution in [1.82, 2.24) is 0 Å². The maximum absolute atomic E-state index is 10.4. The van der Waals surface area contributed by atoms with Gasteiger partial charge in [-0.1, -0.05) is 20.8 Å². The van der Waals surface area contributed by atoms with Crippen molar-refractivity contribution in [3.8, 4) is 0 Å². The zero-order valence-corrected chi connectivity index (χ0v) is 22.7. The fourth-order valence-electron chi connectivity index (χ4n) is 9.48. The first-order valence-corrected chi connectivity index (χ1v) is 14.1. The van der Waals surface area contributed by atoms with E-state index in [1.807, 2.05) is 7.11 Å². The number of fused-ring (bicyclic) bond motifs is 5. The molecule has 0 radical (unpaired) electrons. The first-order valence-electron chi connectivity index (χ1n) is 14.1. The Balaban J connectivity index is 1.35. The van der Waals surface area contributed by atoms with E-state index < -0.39 is 12.6 Å². The van der Waals surface area contributed by atoms with Crippen LogP contribution in [0.4, 0.5) is 0 Å². The van der Waals surface area contributed by atoms with Crippen molar-refractivity contribution >= 4 is 6.40 Å². The van der Waals surface area contributed by atoms with Crippen molar-refractivity contribution < 1.29 is 19.3 Å². The predicted octanol–water partition coefficient (Wildman–Crippen LogP) is 6.43. The molecule has 5 nitrogen and oxygen atoms in total. The van der Waals surface area contributed by atoms with Crippen molar-refractivity contribution in [2.45, 2.75) is 117 Å². The Kier molecular flexibility index (Phi) is 8.36. The van der Waals surface area contributed by atoms with Crippen LogP contribution in [0.15, 0.2) is 4.99 Å². The van der Waals surface area contributed by atoms with E-state index in [1.165, 1.54) is 64.2 Å². The lowest BCUT2D eigenvalue weighted by Gasteiger charge is -2.61. The van der Waals surface area contributed by atoms with Crippen LogP contribution >= 0.6 is 0 Å². The van der Waals surface area contributed by atoms with Crippen molar-refractivity contribution in [2.24, 2.45) is 51.3 Å². The van der Waals surface area contributed by atoms with E-state index in [1.54, 1.807) is 14.0 Å². The summed E-state index contributed by atoms with van der Waals surface area (Å²) in [5.74, 6) is 4.97. The monoisotopic (exact) mass is 477 g/mol. The molecule has 4 aliphatic carbocycles. The summed E-state index contributed by atoms with van der Waals surface area (Å²) in [6, 6.07) is 0. The van der Waals surface area contributed by atoms with E-state index in [2.05, 4.69) is 25.8 Å². The van der Waals surface area contributed by atoms with E-state index in [0.29, 0.717) is 29.3 Å². The highest BCUT2D eigenvalue weighted by Crippen LogP contribution is 2.68. The van der Waals surface area contributed by atoms with Crippen molar-refractivity contribution in [3.05, 3.63) is 0 Å². The summed E-state index contributed by atoms with van der Waals surface area (Å²) in [5.41, 5.74) is 0.999. The molecule has 196 valence electrons. The quantitative estimate of drug-likeness (QED) is 0.236. The third-order valence-corrected chi connectivity index (χ3v) is 11.3. The van der Waals surface area contributed by atoms with E-state index in [4.69, 9.17) is 14.2 Å². The molecule has 0 aromatic heterocycles. The molecule has 1 N–H and O–H groups in total. The SMILES string of the molecule is CN=COC(C)OC(O)CCC(C)C1CCC2C3CCC4CC(OC)CCC4(C)C3CCC12C. The summed E-state index contributed by atoms with van der Waals surface area (Å²) in [6.07, 6.45) is 14.6. The van der Waals surface area contributed by atoms with Crippen LogP contribution in [0, 0.1) is 46.3 Å². The normalized spacial score (nSPS) is 44.7. The van der Waals surface area contributed by atoms with Gasteiger partial charge in [0.25, 0.3) is 0 Å². The predicted molar refractivity (Wildman–Crippen MR) is 136 cm³/mol. The minimum Gasteiger partial charge on any atom is -0.455 e. The van der Waals surface area contributed by atoms with Gasteiger partial charge in [0, 0.05) is 14.2 Å². The lowest BCUT2D eigenvalue weighted by molar-refractivity contribution is -0.195. The summed E-state index contributed by atoms with van der Waals surface area (Å²) >= 11 is 0. The Morgan fingerprint density at radius 1 is 0.971 bits per heavy atom. The molecule has 5 heteroatoms. The van der Waals surface area contributed by atoms with Crippen molar-refractivity contribution in [3.63, 3.8) is 0 Å². The largest absolute Gasteiger partial charge is 0.455 e. The van der Waals surface area contributed by atoms with Gasteiger partial charge in [0.15, 0.2) is 12.7 Å². The molecule has 11 unspecified atom stereocenters. The zero-order chi connectivity index (χ0) is 24.5. The summed E-state index contributed by atoms with van der Waals surface area (Å²) in [5, 5.41) is 10.4. The fraction of sp³-hybridized carbons (Fsp3) is 0.966. The molecule has 0 aromatic rings. The molecule has 0 bridgehead atoms. The molecule has 0 aromatic carbocycles. The Morgan fingerprint density at radius 3 is 2.44 bits per heavy atom. The van der Waals surface area contributed by atoms with Gasteiger partial charge in [-0.3, -0.25) is 4.99 Å². The molecule has 0 amide bonds. The summed E-state index contributed by atoms with van der Waals surface area (Å²) in [7, 11) is 3.57. The van der Waals surface area contributed by atoms with Crippen LogP contribution in [-0.2, 0) is 14.2 Å². The van der Waals surface area contributed by atoms with Gasteiger partial charge in [0.2, 0.25) is 6.29 Å². The van der Waals surface area contributed by atoms with Gasteiger partial charge < -0.3 is 19.3 Å². The van der Waals surface area contributed by atoms with Crippen LogP contribution in [0.25, 0.3) is 0 Å². The lowest BCUT2D eigenvalue weighted by atomic mass is 9.44. The standard InChI is InChI=1S/C29H51NO4/c1-19(7-12-27(31)34-20(2)33-18-30-5)24-10-11-25-23-9-8-21-17-22(32-6)13-15-28(21,3)26(23)14-16-29(24,25)4/h18-27,31H,7-17H2,1-6H3. The number of aliphatic imine (C=N–C) groups is 1.